The molecule has 0 aliphatic carbocycles. The van der Waals surface area contributed by atoms with Crippen molar-refractivity contribution < 1.29 is 19.4 Å². The first kappa shape index (κ1) is 12.9. The van der Waals surface area contributed by atoms with Gasteiger partial charge >= 0.3 is 5.97 Å². The number of hydrogen-bond donors (Lipinski definition) is 1. The first-order valence-corrected chi connectivity index (χ1v) is 5.64. The van der Waals surface area contributed by atoms with Gasteiger partial charge in [0.1, 0.15) is 6.29 Å². The Morgan fingerprint density at radius 3 is 2.88 bits per heavy atom. The van der Waals surface area contributed by atoms with E-state index >= 15 is 0 Å². The minimum absolute atomic E-state index is 0.0312. The molecule has 90 valence electrons. The van der Waals surface area contributed by atoms with E-state index in [0.717, 1.165) is 19.1 Å². The van der Waals surface area contributed by atoms with Gasteiger partial charge in [-0.25, -0.2) is 0 Å². The molecule has 1 saturated heterocycles. The van der Waals surface area contributed by atoms with Gasteiger partial charge in [-0.1, -0.05) is 12.2 Å². The second kappa shape index (κ2) is 7.17. The van der Waals surface area contributed by atoms with E-state index in [1.165, 1.54) is 0 Å². The van der Waals surface area contributed by atoms with E-state index in [4.69, 9.17) is 9.84 Å². The van der Waals surface area contributed by atoms with E-state index in [2.05, 4.69) is 0 Å². The van der Waals surface area contributed by atoms with Crippen LogP contribution in [-0.2, 0) is 14.3 Å². The van der Waals surface area contributed by atoms with Crippen LogP contribution >= 0.6 is 0 Å². The molecule has 0 spiro atoms. The number of carbonyl (C=O) groups excluding carboxylic acids is 1. The Morgan fingerprint density at radius 2 is 2.19 bits per heavy atom. The number of carboxylic acid groups (broad SMARTS) is 1. The molecule has 1 fully saturated rings. The van der Waals surface area contributed by atoms with Crippen LogP contribution in [0.2, 0.25) is 0 Å². The molecule has 0 aromatic carbocycles. The van der Waals surface area contributed by atoms with Gasteiger partial charge in [0.15, 0.2) is 0 Å². The summed E-state index contributed by atoms with van der Waals surface area (Å²) in [4.78, 5) is 20.9. The summed E-state index contributed by atoms with van der Waals surface area (Å²) in [5.41, 5.74) is 0. The highest BCUT2D eigenvalue weighted by Crippen LogP contribution is 2.22. The van der Waals surface area contributed by atoms with Crippen LogP contribution in [0.1, 0.15) is 25.7 Å². The summed E-state index contributed by atoms with van der Waals surface area (Å²) in [5, 5.41) is 8.43. The standard InChI is InChI=1S/C12H18O4/c13-7-11-9-16-8-10(11)5-3-1-2-4-6-12(14)15/h1,3,7,10-11H,2,4-6,8-9H2,(H,14,15)/t10-,11-/m0/s1. The van der Waals surface area contributed by atoms with Crippen LogP contribution in [0.4, 0.5) is 0 Å². The monoisotopic (exact) mass is 226 g/mol. The molecule has 0 bridgehead atoms. The molecule has 2 atom stereocenters. The minimum atomic E-state index is -0.751. The zero-order chi connectivity index (χ0) is 11.8. The summed E-state index contributed by atoms with van der Waals surface area (Å²) in [6.45, 7) is 1.20. The van der Waals surface area contributed by atoms with Gasteiger partial charge in [0.05, 0.1) is 13.2 Å². The first-order valence-electron chi connectivity index (χ1n) is 5.64. The van der Waals surface area contributed by atoms with Crippen LogP contribution in [0.15, 0.2) is 12.2 Å². The molecular formula is C12H18O4. The molecule has 4 heteroatoms. The zero-order valence-electron chi connectivity index (χ0n) is 9.30. The zero-order valence-corrected chi connectivity index (χ0v) is 9.30. The van der Waals surface area contributed by atoms with Gasteiger partial charge < -0.3 is 14.6 Å². The number of hydrogen-bond acceptors (Lipinski definition) is 3. The van der Waals surface area contributed by atoms with Gasteiger partial charge in [0, 0.05) is 12.3 Å². The smallest absolute Gasteiger partial charge is 0.303 e. The van der Waals surface area contributed by atoms with Gasteiger partial charge in [-0.05, 0) is 25.2 Å². The molecule has 1 N–H and O–H groups in total. The molecule has 0 aromatic heterocycles. The van der Waals surface area contributed by atoms with Crippen molar-refractivity contribution in [2.75, 3.05) is 13.2 Å². The Labute approximate surface area is 95.3 Å². The quantitative estimate of drug-likeness (QED) is 0.407. The third-order valence-corrected chi connectivity index (χ3v) is 2.79. The summed E-state index contributed by atoms with van der Waals surface area (Å²) in [7, 11) is 0. The predicted octanol–water partition coefficient (Wildman–Crippen LogP) is 1.65. The highest BCUT2D eigenvalue weighted by molar-refractivity contribution is 5.66. The Balaban J connectivity index is 2.11. The molecule has 16 heavy (non-hydrogen) atoms. The van der Waals surface area contributed by atoms with E-state index in [-0.39, 0.29) is 12.3 Å². The molecule has 0 unspecified atom stereocenters. The number of ether oxygens (including phenoxy) is 1. The highest BCUT2D eigenvalue weighted by atomic mass is 16.5. The molecule has 1 rings (SSSR count). The molecule has 1 heterocycles. The minimum Gasteiger partial charge on any atom is -0.481 e. The third-order valence-electron chi connectivity index (χ3n) is 2.79. The molecule has 4 nitrogen and oxygen atoms in total. The van der Waals surface area contributed by atoms with Crippen LogP contribution in [0.3, 0.4) is 0 Å². The van der Waals surface area contributed by atoms with Gasteiger partial charge in [-0.3, -0.25) is 4.79 Å². The molecule has 1 aliphatic rings. The predicted molar refractivity (Wildman–Crippen MR) is 59.1 cm³/mol. The van der Waals surface area contributed by atoms with E-state index in [1.54, 1.807) is 0 Å². The van der Waals surface area contributed by atoms with Gasteiger partial charge in [0.25, 0.3) is 0 Å². The molecule has 0 saturated carbocycles. The van der Waals surface area contributed by atoms with Crippen molar-refractivity contribution in [3.63, 3.8) is 0 Å². The summed E-state index contributed by atoms with van der Waals surface area (Å²) >= 11 is 0. The second-order valence-electron chi connectivity index (χ2n) is 4.09. The summed E-state index contributed by atoms with van der Waals surface area (Å²) in [6.07, 6.45) is 7.50. The fraction of sp³-hybridized carbons (Fsp3) is 0.667. The molecule has 0 radical (unpaired) electrons. The van der Waals surface area contributed by atoms with E-state index in [0.29, 0.717) is 25.6 Å². The van der Waals surface area contributed by atoms with Crippen LogP contribution in [-0.4, -0.2) is 30.6 Å². The Morgan fingerprint density at radius 1 is 1.38 bits per heavy atom. The van der Waals surface area contributed by atoms with Gasteiger partial charge in [-0.2, -0.15) is 0 Å². The van der Waals surface area contributed by atoms with Crippen molar-refractivity contribution >= 4 is 12.3 Å². The van der Waals surface area contributed by atoms with E-state index in [9.17, 15) is 9.59 Å². The number of aliphatic carboxylic acids is 1. The lowest BCUT2D eigenvalue weighted by Crippen LogP contribution is -2.12. The van der Waals surface area contributed by atoms with Crippen molar-refractivity contribution in [1.82, 2.24) is 0 Å². The van der Waals surface area contributed by atoms with Crippen LogP contribution in [0.25, 0.3) is 0 Å². The maximum atomic E-state index is 10.7. The fourth-order valence-electron chi connectivity index (χ4n) is 1.77. The Kier molecular flexibility index (Phi) is 5.78. The topological polar surface area (TPSA) is 63.6 Å². The number of carbonyl (C=O) groups is 2. The number of allylic oxidation sites excluding steroid dienone is 2. The van der Waals surface area contributed by atoms with E-state index in [1.807, 2.05) is 12.2 Å². The lowest BCUT2D eigenvalue weighted by Gasteiger charge is -2.07. The lowest BCUT2D eigenvalue weighted by atomic mass is 9.94. The summed E-state index contributed by atoms with van der Waals surface area (Å²) in [6, 6.07) is 0. The second-order valence-corrected chi connectivity index (χ2v) is 4.09. The van der Waals surface area contributed by atoms with Crippen LogP contribution in [0, 0.1) is 11.8 Å². The van der Waals surface area contributed by atoms with Crippen molar-refractivity contribution in [1.29, 1.82) is 0 Å². The first-order chi connectivity index (χ1) is 7.74. The largest absolute Gasteiger partial charge is 0.481 e. The average Bonchev–Trinajstić information content (AvgIpc) is 2.70. The maximum Gasteiger partial charge on any atom is 0.303 e. The summed E-state index contributed by atoms with van der Waals surface area (Å²) < 4.78 is 5.23. The maximum absolute atomic E-state index is 10.7. The Bertz CT molecular complexity index is 260. The molecular weight excluding hydrogens is 208 g/mol. The number of unbranched alkanes of at least 4 members (excludes halogenated alkanes) is 1. The van der Waals surface area contributed by atoms with Crippen molar-refractivity contribution in [2.24, 2.45) is 11.8 Å². The Hall–Kier alpha value is -1.16. The van der Waals surface area contributed by atoms with Crippen LogP contribution in [0.5, 0.6) is 0 Å². The van der Waals surface area contributed by atoms with Crippen molar-refractivity contribution in [3.8, 4) is 0 Å². The summed E-state index contributed by atoms with van der Waals surface area (Å²) in [5.74, 6) is -0.421. The number of rotatable bonds is 7. The van der Waals surface area contributed by atoms with Crippen LogP contribution < -0.4 is 0 Å². The van der Waals surface area contributed by atoms with E-state index < -0.39 is 5.97 Å². The van der Waals surface area contributed by atoms with Crippen molar-refractivity contribution in [2.45, 2.75) is 25.7 Å². The third kappa shape index (κ3) is 4.57. The van der Waals surface area contributed by atoms with Gasteiger partial charge in [-0.15, -0.1) is 0 Å². The number of aldehydes is 1. The SMILES string of the molecule is O=C[C@H]1COC[C@@H]1CC=CCCCC(=O)O. The normalized spacial score (nSPS) is 25.0. The molecule has 0 amide bonds. The average molecular weight is 226 g/mol. The molecule has 0 aromatic rings. The fourth-order valence-corrected chi connectivity index (χ4v) is 1.77. The lowest BCUT2D eigenvalue weighted by molar-refractivity contribution is -0.137. The van der Waals surface area contributed by atoms with Gasteiger partial charge in [0.2, 0.25) is 0 Å². The molecule has 1 aliphatic heterocycles. The number of carboxylic acids is 1. The highest BCUT2D eigenvalue weighted by Gasteiger charge is 2.26. The van der Waals surface area contributed by atoms with Crippen molar-refractivity contribution in [3.05, 3.63) is 12.2 Å².